The Morgan fingerprint density at radius 3 is 2.33 bits per heavy atom. The molecule has 0 radical (unpaired) electrons. The van der Waals surface area contributed by atoms with E-state index in [0.29, 0.717) is 5.69 Å². The van der Waals surface area contributed by atoms with Crippen LogP contribution in [-0.4, -0.2) is 54.9 Å². The minimum absolute atomic E-state index is 0.0383. The van der Waals surface area contributed by atoms with Crippen LogP contribution in [0.5, 0.6) is 0 Å². The zero-order chi connectivity index (χ0) is 26.5. The fraction of sp³-hybridized carbons (Fsp3) is 0.500. The fourth-order valence-corrected chi connectivity index (χ4v) is 6.05. The van der Waals surface area contributed by atoms with Crippen LogP contribution in [0.15, 0.2) is 59.5 Å². The number of hydrogen-bond donors (Lipinski definition) is 3. The first kappa shape index (κ1) is 28.0. The predicted molar refractivity (Wildman–Crippen MR) is 135 cm³/mol. The molecule has 0 aliphatic heterocycles. The molecule has 1 aliphatic rings. The molecule has 1 aliphatic carbocycles. The van der Waals surface area contributed by atoms with E-state index in [-0.39, 0.29) is 43.2 Å². The quantitative estimate of drug-likeness (QED) is 0.391. The van der Waals surface area contributed by atoms with Crippen molar-refractivity contribution in [2.45, 2.75) is 62.5 Å². The van der Waals surface area contributed by atoms with Gasteiger partial charge in [0, 0.05) is 37.5 Å². The van der Waals surface area contributed by atoms with Gasteiger partial charge in [-0.2, -0.15) is 4.31 Å². The first-order valence-electron chi connectivity index (χ1n) is 12.1. The van der Waals surface area contributed by atoms with E-state index in [1.54, 1.807) is 0 Å². The van der Waals surface area contributed by atoms with E-state index in [9.17, 15) is 27.1 Å². The summed E-state index contributed by atoms with van der Waals surface area (Å²) in [5, 5.41) is 14.0. The molecule has 2 aromatic rings. The summed E-state index contributed by atoms with van der Waals surface area (Å²) >= 11 is 0. The molecule has 3 atom stereocenters. The molecule has 198 valence electrons. The average molecular weight is 524 g/mol. The van der Waals surface area contributed by atoms with Crippen LogP contribution in [0.25, 0.3) is 0 Å². The number of nitrogens with zero attached hydrogens (tertiary/aromatic N) is 1. The van der Waals surface area contributed by atoms with Gasteiger partial charge in [-0.3, -0.25) is 4.79 Å². The zero-order valence-electron chi connectivity index (χ0n) is 20.6. The lowest BCUT2D eigenvalue weighted by atomic mass is 9.99. The van der Waals surface area contributed by atoms with Gasteiger partial charge in [0.15, 0.2) is 0 Å². The number of anilines is 1. The Bertz CT molecular complexity index is 1110. The highest BCUT2D eigenvalue weighted by Gasteiger charge is 2.43. The molecule has 0 bridgehead atoms. The van der Waals surface area contributed by atoms with Gasteiger partial charge in [-0.25, -0.2) is 17.2 Å². The maximum Gasteiger partial charge on any atom is 0.248 e. The average Bonchev–Trinajstić information content (AvgIpc) is 3.18. The van der Waals surface area contributed by atoms with Crippen molar-refractivity contribution in [2.75, 3.05) is 18.8 Å². The van der Waals surface area contributed by atoms with Gasteiger partial charge >= 0.3 is 0 Å². The highest BCUT2D eigenvalue weighted by molar-refractivity contribution is 7.89. The van der Waals surface area contributed by atoms with E-state index in [4.69, 9.17) is 5.73 Å². The van der Waals surface area contributed by atoms with Crippen molar-refractivity contribution >= 4 is 21.6 Å². The first-order valence-corrected chi connectivity index (χ1v) is 13.6. The third kappa shape index (κ3) is 7.47. The van der Waals surface area contributed by atoms with E-state index in [1.165, 1.54) is 28.6 Å². The molecule has 1 fully saturated rings. The lowest BCUT2D eigenvalue weighted by Crippen LogP contribution is -2.52. The van der Waals surface area contributed by atoms with Crippen LogP contribution in [0.4, 0.5) is 14.5 Å². The van der Waals surface area contributed by atoms with E-state index in [2.05, 4.69) is 5.32 Å². The molecule has 36 heavy (non-hydrogen) atoms. The van der Waals surface area contributed by atoms with Crippen LogP contribution in [-0.2, 0) is 21.2 Å². The maximum absolute atomic E-state index is 13.7. The number of nitrogen functional groups attached to an aromatic ring is 1. The van der Waals surface area contributed by atoms with Crippen molar-refractivity contribution in [3.63, 3.8) is 0 Å². The Labute approximate surface area is 211 Å². The summed E-state index contributed by atoms with van der Waals surface area (Å²) in [5.74, 6) is -4.32. The van der Waals surface area contributed by atoms with Gasteiger partial charge in [0.05, 0.1) is 17.0 Å². The van der Waals surface area contributed by atoms with Crippen LogP contribution < -0.4 is 11.1 Å². The second-order valence-corrected chi connectivity index (χ2v) is 11.9. The summed E-state index contributed by atoms with van der Waals surface area (Å²) in [6.45, 7) is 3.59. The molecular weight excluding hydrogens is 488 g/mol. The van der Waals surface area contributed by atoms with Gasteiger partial charge in [0.2, 0.25) is 21.9 Å². The second-order valence-electron chi connectivity index (χ2n) is 9.95. The number of nitrogens with one attached hydrogen (secondary N) is 1. The molecule has 4 N–H and O–H groups in total. The number of benzene rings is 2. The summed E-state index contributed by atoms with van der Waals surface area (Å²) in [6.07, 6.45) is -1.87. The van der Waals surface area contributed by atoms with Crippen LogP contribution in [0.2, 0.25) is 0 Å². The van der Waals surface area contributed by atoms with Crippen molar-refractivity contribution in [3.8, 4) is 0 Å². The first-order chi connectivity index (χ1) is 16.9. The van der Waals surface area contributed by atoms with Gasteiger partial charge in [-0.1, -0.05) is 44.2 Å². The van der Waals surface area contributed by atoms with Gasteiger partial charge in [0.25, 0.3) is 0 Å². The third-order valence-electron chi connectivity index (χ3n) is 6.34. The molecule has 1 saturated carbocycles. The van der Waals surface area contributed by atoms with Crippen molar-refractivity contribution in [1.29, 1.82) is 0 Å². The van der Waals surface area contributed by atoms with Gasteiger partial charge in [-0.15, -0.1) is 0 Å². The summed E-state index contributed by atoms with van der Waals surface area (Å²) < 4.78 is 55.4. The second kappa shape index (κ2) is 11.7. The molecule has 0 aromatic heterocycles. The summed E-state index contributed by atoms with van der Waals surface area (Å²) in [4.78, 5) is 12.9. The molecule has 0 heterocycles. The van der Waals surface area contributed by atoms with Crippen molar-refractivity contribution in [1.82, 2.24) is 9.62 Å². The van der Waals surface area contributed by atoms with E-state index >= 15 is 0 Å². The highest BCUT2D eigenvalue weighted by atomic mass is 32.2. The third-order valence-corrected chi connectivity index (χ3v) is 8.19. The zero-order valence-corrected chi connectivity index (χ0v) is 21.4. The number of aliphatic hydroxyl groups is 1. The van der Waals surface area contributed by atoms with Crippen molar-refractivity contribution in [2.24, 2.45) is 11.8 Å². The molecule has 1 unspecified atom stereocenters. The number of hydrogen-bond acceptors (Lipinski definition) is 5. The Morgan fingerprint density at radius 1 is 1.14 bits per heavy atom. The normalized spacial score (nSPS) is 19.4. The highest BCUT2D eigenvalue weighted by Crippen LogP contribution is 2.39. The Hall–Kier alpha value is -2.56. The maximum atomic E-state index is 13.7. The molecule has 10 heteroatoms. The number of alkyl halides is 2. The Kier molecular flexibility index (Phi) is 9.08. The molecule has 7 nitrogen and oxygen atoms in total. The standard InChI is InChI=1S/C26H35F2N3O4S/c1-18(2)16-31(36(34,35)22-10-8-21(29)9-11-22)17-24(32)23(14-19-6-4-3-5-7-19)30-25(33)20-12-13-26(27,28)15-20/h3-11,18,20,23-24,32H,12-17,29H2,1-2H3,(H,30,33)/t20?,23-,24+/m0/s1. The minimum atomic E-state index is -3.97. The molecule has 1 amide bonds. The number of sulfonamides is 1. The fourth-order valence-electron chi connectivity index (χ4n) is 4.43. The largest absolute Gasteiger partial charge is 0.399 e. The molecule has 2 aromatic carbocycles. The van der Waals surface area contributed by atoms with Crippen LogP contribution in [0.3, 0.4) is 0 Å². The molecule has 3 rings (SSSR count). The van der Waals surface area contributed by atoms with Crippen LogP contribution in [0.1, 0.15) is 38.7 Å². The van der Waals surface area contributed by atoms with Crippen LogP contribution in [0, 0.1) is 11.8 Å². The monoisotopic (exact) mass is 523 g/mol. The Morgan fingerprint density at radius 2 is 1.78 bits per heavy atom. The van der Waals surface area contributed by atoms with Crippen LogP contribution >= 0.6 is 0 Å². The van der Waals surface area contributed by atoms with Gasteiger partial charge < -0.3 is 16.2 Å². The number of nitrogens with two attached hydrogens (primary N) is 1. The number of rotatable bonds is 11. The molecular formula is C26H35F2N3O4S. The number of carbonyl (C=O) groups is 1. The summed E-state index contributed by atoms with van der Waals surface area (Å²) in [5.41, 5.74) is 6.94. The summed E-state index contributed by atoms with van der Waals surface area (Å²) in [7, 11) is -3.97. The predicted octanol–water partition coefficient (Wildman–Crippen LogP) is 3.44. The number of carbonyl (C=O) groups excluding carboxylic acids is 1. The lowest BCUT2D eigenvalue weighted by molar-refractivity contribution is -0.127. The Balaban J connectivity index is 1.83. The summed E-state index contributed by atoms with van der Waals surface area (Å²) in [6, 6.07) is 14.0. The molecule has 0 spiro atoms. The number of halogens is 2. The van der Waals surface area contributed by atoms with Crippen molar-refractivity contribution < 1.29 is 27.1 Å². The molecule has 0 saturated heterocycles. The van der Waals surface area contributed by atoms with Gasteiger partial charge in [-0.05, 0) is 48.6 Å². The lowest BCUT2D eigenvalue weighted by Gasteiger charge is -2.31. The van der Waals surface area contributed by atoms with Gasteiger partial charge in [0.1, 0.15) is 0 Å². The van der Waals surface area contributed by atoms with E-state index < -0.39 is 46.3 Å². The topological polar surface area (TPSA) is 113 Å². The smallest absolute Gasteiger partial charge is 0.248 e. The van der Waals surface area contributed by atoms with E-state index in [0.717, 1.165) is 5.56 Å². The minimum Gasteiger partial charge on any atom is -0.399 e. The SMILES string of the molecule is CC(C)CN(C[C@@H](O)[C@H](Cc1ccccc1)NC(=O)C1CCC(F)(F)C1)S(=O)(=O)c1ccc(N)cc1. The number of amides is 1. The van der Waals surface area contributed by atoms with Crippen molar-refractivity contribution in [3.05, 3.63) is 60.2 Å². The number of aliphatic hydroxyl groups excluding tert-OH is 1. The van der Waals surface area contributed by atoms with E-state index in [1.807, 2.05) is 44.2 Å².